The van der Waals surface area contributed by atoms with Gasteiger partial charge in [-0.3, -0.25) is 9.59 Å². The zero-order valence-corrected chi connectivity index (χ0v) is 9.58. The lowest BCUT2D eigenvalue weighted by Crippen LogP contribution is -2.28. The Morgan fingerprint density at radius 1 is 1.47 bits per heavy atom. The summed E-state index contributed by atoms with van der Waals surface area (Å²) in [4.78, 5) is 24.0. The summed E-state index contributed by atoms with van der Waals surface area (Å²) < 4.78 is 13.2. The molecule has 0 aromatic heterocycles. The molecule has 2 amide bonds. The number of anilines is 1. The summed E-state index contributed by atoms with van der Waals surface area (Å²) >= 11 is 5.71. The largest absolute Gasteiger partial charge is 0.369 e. The molecule has 1 aromatic carbocycles. The standard InChI is InChI=1S/C11H10ClFN2O2/c12-7-2-8(13)4-9(3-7)15-5-6(11(14)17)1-10(15)16/h2-4,6H,1,5H2,(H2,14,17). The van der Waals surface area contributed by atoms with Gasteiger partial charge in [-0.15, -0.1) is 0 Å². The molecule has 2 rings (SSSR count). The normalized spacial score (nSPS) is 19.8. The summed E-state index contributed by atoms with van der Waals surface area (Å²) in [5, 5.41) is 0.204. The first-order valence-corrected chi connectivity index (χ1v) is 5.41. The fourth-order valence-electron chi connectivity index (χ4n) is 1.84. The Kier molecular flexibility index (Phi) is 3.02. The molecule has 0 saturated carbocycles. The summed E-state index contributed by atoms with van der Waals surface area (Å²) in [5.41, 5.74) is 5.49. The zero-order valence-electron chi connectivity index (χ0n) is 8.82. The van der Waals surface area contributed by atoms with Crippen molar-refractivity contribution in [1.82, 2.24) is 0 Å². The molecule has 1 aliphatic heterocycles. The van der Waals surface area contributed by atoms with Gasteiger partial charge in [0.15, 0.2) is 0 Å². The fraction of sp³-hybridized carbons (Fsp3) is 0.273. The van der Waals surface area contributed by atoms with Crippen molar-refractivity contribution in [3.8, 4) is 0 Å². The Bertz CT molecular complexity index is 472. The highest BCUT2D eigenvalue weighted by Crippen LogP contribution is 2.28. The monoisotopic (exact) mass is 256 g/mol. The van der Waals surface area contributed by atoms with E-state index in [0.29, 0.717) is 5.69 Å². The minimum absolute atomic E-state index is 0.0590. The fourth-order valence-corrected chi connectivity index (χ4v) is 2.06. The van der Waals surface area contributed by atoms with Crippen molar-refractivity contribution in [2.75, 3.05) is 11.4 Å². The number of nitrogens with two attached hydrogens (primary N) is 1. The summed E-state index contributed by atoms with van der Waals surface area (Å²) in [6.45, 7) is 0.175. The van der Waals surface area contributed by atoms with Crippen molar-refractivity contribution >= 4 is 29.1 Å². The van der Waals surface area contributed by atoms with Gasteiger partial charge >= 0.3 is 0 Å². The number of rotatable bonds is 2. The highest BCUT2D eigenvalue weighted by molar-refractivity contribution is 6.31. The Labute approximate surface area is 102 Å². The minimum atomic E-state index is -0.525. The van der Waals surface area contributed by atoms with E-state index in [-0.39, 0.29) is 23.9 Å². The van der Waals surface area contributed by atoms with Gasteiger partial charge in [0.05, 0.1) is 5.92 Å². The maximum absolute atomic E-state index is 13.2. The van der Waals surface area contributed by atoms with Crippen molar-refractivity contribution in [3.05, 3.63) is 29.0 Å². The Morgan fingerprint density at radius 2 is 2.18 bits per heavy atom. The van der Waals surface area contributed by atoms with Crippen molar-refractivity contribution < 1.29 is 14.0 Å². The van der Waals surface area contributed by atoms with E-state index in [0.717, 1.165) is 6.07 Å². The summed E-state index contributed by atoms with van der Waals surface area (Å²) in [6.07, 6.45) is 0.0590. The number of benzene rings is 1. The maximum atomic E-state index is 13.2. The van der Waals surface area contributed by atoms with E-state index in [1.54, 1.807) is 0 Å². The van der Waals surface area contributed by atoms with Gasteiger partial charge in [-0.05, 0) is 18.2 Å². The molecule has 0 spiro atoms. The van der Waals surface area contributed by atoms with Crippen molar-refractivity contribution in [2.24, 2.45) is 11.7 Å². The van der Waals surface area contributed by atoms with E-state index in [4.69, 9.17) is 17.3 Å². The third-order valence-electron chi connectivity index (χ3n) is 2.69. The van der Waals surface area contributed by atoms with Gasteiger partial charge < -0.3 is 10.6 Å². The van der Waals surface area contributed by atoms with Crippen LogP contribution in [-0.4, -0.2) is 18.4 Å². The smallest absolute Gasteiger partial charge is 0.227 e. The molecule has 1 unspecified atom stereocenters. The number of hydrogen-bond donors (Lipinski definition) is 1. The summed E-state index contributed by atoms with van der Waals surface area (Å²) in [6, 6.07) is 3.83. The Hall–Kier alpha value is -1.62. The molecule has 0 bridgehead atoms. The highest BCUT2D eigenvalue weighted by atomic mass is 35.5. The van der Waals surface area contributed by atoms with Crippen molar-refractivity contribution in [3.63, 3.8) is 0 Å². The van der Waals surface area contributed by atoms with Crippen LogP contribution in [0.15, 0.2) is 18.2 Å². The topological polar surface area (TPSA) is 63.4 Å². The lowest BCUT2D eigenvalue weighted by molar-refractivity contribution is -0.123. The van der Waals surface area contributed by atoms with Gasteiger partial charge in [-0.2, -0.15) is 0 Å². The van der Waals surface area contributed by atoms with E-state index in [1.807, 2.05) is 0 Å². The SMILES string of the molecule is NC(=O)C1CC(=O)N(c2cc(F)cc(Cl)c2)C1. The van der Waals surface area contributed by atoms with Crippen LogP contribution in [0.5, 0.6) is 0 Å². The van der Waals surface area contributed by atoms with E-state index in [1.165, 1.54) is 17.0 Å². The average Bonchev–Trinajstić information content (AvgIpc) is 2.59. The zero-order chi connectivity index (χ0) is 12.6. The molecule has 0 aliphatic carbocycles. The second kappa shape index (κ2) is 4.33. The lowest BCUT2D eigenvalue weighted by atomic mass is 10.1. The molecule has 2 N–H and O–H groups in total. The quantitative estimate of drug-likeness (QED) is 0.867. The van der Waals surface area contributed by atoms with Gasteiger partial charge in [-0.1, -0.05) is 11.6 Å². The van der Waals surface area contributed by atoms with Crippen LogP contribution in [0.2, 0.25) is 5.02 Å². The molecule has 1 atom stereocenters. The predicted molar refractivity (Wildman–Crippen MR) is 61.1 cm³/mol. The third kappa shape index (κ3) is 2.39. The van der Waals surface area contributed by atoms with Crippen molar-refractivity contribution in [2.45, 2.75) is 6.42 Å². The van der Waals surface area contributed by atoms with E-state index < -0.39 is 17.6 Å². The van der Waals surface area contributed by atoms with Gasteiger partial charge in [0, 0.05) is 23.7 Å². The third-order valence-corrected chi connectivity index (χ3v) is 2.90. The molecule has 0 radical (unpaired) electrons. The number of carbonyl (C=O) groups is 2. The molecule has 1 aliphatic rings. The first kappa shape index (κ1) is 11.9. The molecular formula is C11H10ClFN2O2. The second-order valence-corrected chi connectivity index (χ2v) is 4.37. The number of nitrogens with zero attached hydrogens (tertiary/aromatic N) is 1. The minimum Gasteiger partial charge on any atom is -0.369 e. The van der Waals surface area contributed by atoms with Gasteiger partial charge in [0.2, 0.25) is 11.8 Å². The summed E-state index contributed by atoms with van der Waals surface area (Å²) in [5.74, 6) is -1.83. The molecule has 17 heavy (non-hydrogen) atoms. The molecular weight excluding hydrogens is 247 g/mol. The average molecular weight is 257 g/mol. The van der Waals surface area contributed by atoms with Gasteiger partial charge in [0.25, 0.3) is 0 Å². The predicted octanol–water partition coefficient (Wildman–Crippen LogP) is 1.32. The van der Waals surface area contributed by atoms with Crippen LogP contribution in [0.25, 0.3) is 0 Å². The molecule has 1 saturated heterocycles. The van der Waals surface area contributed by atoms with E-state index in [2.05, 4.69) is 0 Å². The number of halogens is 2. The number of hydrogen-bond acceptors (Lipinski definition) is 2. The number of primary amides is 1. The van der Waals surface area contributed by atoms with Crippen LogP contribution in [0.1, 0.15) is 6.42 Å². The van der Waals surface area contributed by atoms with Crippen LogP contribution in [0, 0.1) is 11.7 Å². The van der Waals surface area contributed by atoms with Gasteiger partial charge in [-0.25, -0.2) is 4.39 Å². The lowest BCUT2D eigenvalue weighted by Gasteiger charge is -2.16. The van der Waals surface area contributed by atoms with Crippen LogP contribution in [0.3, 0.4) is 0 Å². The Morgan fingerprint density at radius 3 is 2.71 bits per heavy atom. The van der Waals surface area contributed by atoms with Gasteiger partial charge in [0.1, 0.15) is 5.82 Å². The molecule has 6 heteroatoms. The highest BCUT2D eigenvalue weighted by Gasteiger charge is 2.34. The molecule has 90 valence electrons. The molecule has 1 aromatic rings. The first-order valence-electron chi connectivity index (χ1n) is 5.03. The molecule has 1 fully saturated rings. The second-order valence-electron chi connectivity index (χ2n) is 3.94. The molecule has 1 heterocycles. The number of amides is 2. The van der Waals surface area contributed by atoms with Crippen LogP contribution in [0.4, 0.5) is 10.1 Å². The number of carbonyl (C=O) groups excluding carboxylic acids is 2. The van der Waals surface area contributed by atoms with Crippen LogP contribution in [-0.2, 0) is 9.59 Å². The first-order chi connectivity index (χ1) is 7.97. The summed E-state index contributed by atoms with van der Waals surface area (Å²) in [7, 11) is 0. The van der Waals surface area contributed by atoms with Crippen LogP contribution < -0.4 is 10.6 Å². The van der Waals surface area contributed by atoms with E-state index >= 15 is 0 Å². The maximum Gasteiger partial charge on any atom is 0.227 e. The molecule has 4 nitrogen and oxygen atoms in total. The van der Waals surface area contributed by atoms with Crippen molar-refractivity contribution in [1.29, 1.82) is 0 Å². The van der Waals surface area contributed by atoms with Crippen LogP contribution >= 0.6 is 11.6 Å². The Balaban J connectivity index is 2.28. The van der Waals surface area contributed by atoms with E-state index in [9.17, 15) is 14.0 Å².